The molecule has 3 aromatic rings. The summed E-state index contributed by atoms with van der Waals surface area (Å²) in [6.45, 7) is 1.79. The van der Waals surface area contributed by atoms with Gasteiger partial charge in [-0.1, -0.05) is 6.07 Å². The van der Waals surface area contributed by atoms with E-state index in [0.29, 0.717) is 77.8 Å². The maximum absolute atomic E-state index is 13.4. The Kier molecular flexibility index (Phi) is 5.17. The van der Waals surface area contributed by atoms with E-state index >= 15 is 0 Å². The predicted octanol–water partition coefficient (Wildman–Crippen LogP) is 4.29. The van der Waals surface area contributed by atoms with E-state index in [9.17, 15) is 9.59 Å². The third kappa shape index (κ3) is 3.61. The average molecular weight is 514 g/mol. The first-order valence-corrected chi connectivity index (χ1v) is 12.3. The Morgan fingerprint density at radius 2 is 1.55 bits per heavy atom. The third-order valence-corrected chi connectivity index (χ3v) is 6.90. The summed E-state index contributed by atoms with van der Waals surface area (Å²) < 4.78 is 40.1. The number of ketones is 1. The molecular formula is C29H22O9. The first-order valence-electron chi connectivity index (χ1n) is 12.3. The largest absolute Gasteiger partial charge is 0.493 e. The Bertz CT molecular complexity index is 1520. The summed E-state index contributed by atoms with van der Waals surface area (Å²) in [7, 11) is 1.55. The molecule has 0 unspecified atom stereocenters. The third-order valence-electron chi connectivity index (χ3n) is 6.90. The molecule has 0 fully saturated rings. The minimum absolute atomic E-state index is 0.0605. The van der Waals surface area contributed by atoms with Crippen LogP contribution in [0.15, 0.2) is 48.2 Å². The van der Waals surface area contributed by atoms with Crippen LogP contribution in [-0.2, 0) is 4.79 Å². The zero-order valence-corrected chi connectivity index (χ0v) is 20.4. The van der Waals surface area contributed by atoms with Crippen LogP contribution in [0, 0.1) is 0 Å². The molecule has 7 rings (SSSR count). The van der Waals surface area contributed by atoms with E-state index in [4.69, 9.17) is 33.2 Å². The van der Waals surface area contributed by atoms with Gasteiger partial charge < -0.3 is 33.2 Å². The molecule has 38 heavy (non-hydrogen) atoms. The number of Topliss-reactive ketones (excluding diaryl/α,β-unsaturated/α-hetero) is 1. The second kappa shape index (κ2) is 8.72. The Morgan fingerprint density at radius 3 is 2.39 bits per heavy atom. The SMILES string of the molecule is COc1cc([C@@H]2CC(=O)Oc3ccc4c(c32)O/C(=C\c2ccc3c(c2)OCCO3)C4=O)cc2c1OCCO2. The van der Waals surface area contributed by atoms with Crippen LogP contribution in [0.5, 0.6) is 40.2 Å². The zero-order chi connectivity index (χ0) is 25.8. The van der Waals surface area contributed by atoms with Crippen LogP contribution in [-0.4, -0.2) is 45.3 Å². The summed E-state index contributed by atoms with van der Waals surface area (Å²) in [6, 6.07) is 12.4. The van der Waals surface area contributed by atoms with Crippen LogP contribution < -0.4 is 33.2 Å². The van der Waals surface area contributed by atoms with Gasteiger partial charge in [-0.15, -0.1) is 0 Å². The van der Waals surface area contributed by atoms with E-state index < -0.39 is 5.92 Å². The lowest BCUT2D eigenvalue weighted by Crippen LogP contribution is -2.22. The van der Waals surface area contributed by atoms with Crippen molar-refractivity contribution in [1.82, 2.24) is 0 Å². The Labute approximate surface area is 217 Å². The van der Waals surface area contributed by atoms with E-state index in [1.165, 1.54) is 0 Å². The number of ether oxygens (including phenoxy) is 7. The van der Waals surface area contributed by atoms with Gasteiger partial charge in [0.2, 0.25) is 11.5 Å². The van der Waals surface area contributed by atoms with Gasteiger partial charge in [0.05, 0.1) is 19.1 Å². The second-order valence-corrected chi connectivity index (χ2v) is 9.18. The Hall–Kier alpha value is -4.66. The van der Waals surface area contributed by atoms with Crippen LogP contribution in [0.25, 0.3) is 6.08 Å². The van der Waals surface area contributed by atoms with Crippen LogP contribution in [0.1, 0.15) is 39.4 Å². The number of allylic oxidation sites excluding steroid dienone is 1. The van der Waals surface area contributed by atoms with E-state index in [-0.39, 0.29) is 23.9 Å². The predicted molar refractivity (Wildman–Crippen MR) is 133 cm³/mol. The van der Waals surface area contributed by atoms with Crippen LogP contribution in [0.4, 0.5) is 0 Å². The molecule has 9 nitrogen and oxygen atoms in total. The molecule has 3 aromatic carbocycles. The summed E-state index contributed by atoms with van der Waals surface area (Å²) in [4.78, 5) is 26.0. The fourth-order valence-corrected chi connectivity index (χ4v) is 5.19. The van der Waals surface area contributed by atoms with Crippen molar-refractivity contribution in [3.63, 3.8) is 0 Å². The lowest BCUT2D eigenvalue weighted by molar-refractivity contribution is -0.135. The topological polar surface area (TPSA) is 98.8 Å². The zero-order valence-electron chi connectivity index (χ0n) is 20.4. The van der Waals surface area contributed by atoms with Gasteiger partial charge in [0.15, 0.2) is 28.8 Å². The minimum atomic E-state index is -0.452. The number of methoxy groups -OCH3 is 1. The molecule has 1 atom stereocenters. The molecule has 0 amide bonds. The average Bonchev–Trinajstić information content (AvgIpc) is 3.26. The number of carbonyl (C=O) groups is 2. The van der Waals surface area contributed by atoms with Crippen molar-refractivity contribution in [3.05, 3.63) is 70.5 Å². The Balaban J connectivity index is 1.30. The summed E-state index contributed by atoms with van der Waals surface area (Å²) in [6.07, 6.45) is 1.73. The molecule has 0 bridgehead atoms. The highest BCUT2D eigenvalue weighted by atomic mass is 16.6. The van der Waals surface area contributed by atoms with Crippen LogP contribution in [0.2, 0.25) is 0 Å². The van der Waals surface area contributed by atoms with Crippen molar-refractivity contribution >= 4 is 17.8 Å². The first kappa shape index (κ1) is 22.5. The van der Waals surface area contributed by atoms with Gasteiger partial charge in [-0.2, -0.15) is 0 Å². The van der Waals surface area contributed by atoms with Gasteiger partial charge in [-0.25, -0.2) is 0 Å². The van der Waals surface area contributed by atoms with Gasteiger partial charge in [0.25, 0.3) is 0 Å². The van der Waals surface area contributed by atoms with Gasteiger partial charge in [0.1, 0.15) is 37.9 Å². The maximum Gasteiger partial charge on any atom is 0.312 e. The van der Waals surface area contributed by atoms with E-state index in [1.807, 2.05) is 24.3 Å². The number of fused-ring (bicyclic) bond motifs is 5. The van der Waals surface area contributed by atoms with Crippen molar-refractivity contribution in [3.8, 4) is 40.2 Å². The van der Waals surface area contributed by atoms with E-state index in [2.05, 4.69) is 0 Å². The smallest absolute Gasteiger partial charge is 0.312 e. The van der Waals surface area contributed by atoms with E-state index in [0.717, 1.165) is 11.1 Å². The highest BCUT2D eigenvalue weighted by Crippen LogP contribution is 2.51. The summed E-state index contributed by atoms with van der Waals surface area (Å²) >= 11 is 0. The summed E-state index contributed by atoms with van der Waals surface area (Å²) in [5.41, 5.74) is 2.52. The van der Waals surface area contributed by atoms with Gasteiger partial charge in [-0.3, -0.25) is 9.59 Å². The monoisotopic (exact) mass is 514 g/mol. The van der Waals surface area contributed by atoms with Crippen molar-refractivity contribution in [2.75, 3.05) is 33.5 Å². The molecular weight excluding hydrogens is 492 g/mol. The summed E-state index contributed by atoms with van der Waals surface area (Å²) in [5.74, 6) is 2.65. The molecule has 0 N–H and O–H groups in total. The molecule has 9 heteroatoms. The number of esters is 1. The van der Waals surface area contributed by atoms with Crippen LogP contribution >= 0.6 is 0 Å². The molecule has 4 heterocycles. The number of benzene rings is 3. The molecule has 4 aliphatic rings. The van der Waals surface area contributed by atoms with Crippen molar-refractivity contribution in [2.45, 2.75) is 12.3 Å². The highest BCUT2D eigenvalue weighted by Gasteiger charge is 2.39. The second-order valence-electron chi connectivity index (χ2n) is 9.18. The molecule has 0 aliphatic carbocycles. The maximum atomic E-state index is 13.4. The Morgan fingerprint density at radius 1 is 0.789 bits per heavy atom. The number of carbonyl (C=O) groups excluding carboxylic acids is 2. The molecule has 192 valence electrons. The minimum Gasteiger partial charge on any atom is -0.493 e. The van der Waals surface area contributed by atoms with Crippen molar-refractivity contribution in [2.24, 2.45) is 0 Å². The summed E-state index contributed by atoms with van der Waals surface area (Å²) in [5, 5.41) is 0. The van der Waals surface area contributed by atoms with E-state index in [1.54, 1.807) is 31.4 Å². The molecule has 0 saturated carbocycles. The number of rotatable bonds is 3. The normalized spacial score (nSPS) is 19.8. The van der Waals surface area contributed by atoms with Gasteiger partial charge in [0, 0.05) is 11.5 Å². The van der Waals surface area contributed by atoms with Crippen molar-refractivity contribution in [1.29, 1.82) is 0 Å². The lowest BCUT2D eigenvalue weighted by atomic mass is 9.84. The first-order chi connectivity index (χ1) is 18.6. The fraction of sp³-hybridized carbons (Fsp3) is 0.241. The molecule has 4 aliphatic heterocycles. The fourth-order valence-electron chi connectivity index (χ4n) is 5.19. The van der Waals surface area contributed by atoms with Gasteiger partial charge >= 0.3 is 5.97 Å². The lowest BCUT2D eigenvalue weighted by Gasteiger charge is -2.28. The number of hydrogen-bond donors (Lipinski definition) is 0. The van der Waals surface area contributed by atoms with Crippen LogP contribution in [0.3, 0.4) is 0 Å². The standard InChI is InChI=1S/C29H22O9/c1-32-23-12-16(13-24-29(23)36-9-8-35-24)18-14-25(30)37-20-5-3-17-27(31)22(38-28(17)26(18)20)11-15-2-4-19-21(10-15)34-7-6-33-19/h2-5,10-13,18H,6-9,14H2,1H3/b22-11-/t18-/m0/s1. The molecule has 0 saturated heterocycles. The number of hydrogen-bond acceptors (Lipinski definition) is 9. The molecule has 0 aromatic heterocycles. The molecule has 0 radical (unpaired) electrons. The van der Waals surface area contributed by atoms with Crippen molar-refractivity contribution < 1.29 is 42.7 Å². The molecule has 0 spiro atoms. The highest BCUT2D eigenvalue weighted by molar-refractivity contribution is 6.15. The quantitative estimate of drug-likeness (QED) is 0.288. The van der Waals surface area contributed by atoms with Gasteiger partial charge in [-0.05, 0) is 53.6 Å².